The molecule has 0 bridgehead atoms. The molecule has 0 fully saturated rings. The average Bonchev–Trinajstić information content (AvgIpc) is 3.20. The van der Waals surface area contributed by atoms with Crippen LogP contribution >= 0.6 is 23.4 Å². The van der Waals surface area contributed by atoms with Gasteiger partial charge in [0.1, 0.15) is 0 Å². The van der Waals surface area contributed by atoms with Crippen LogP contribution in [0.5, 0.6) is 0 Å². The Morgan fingerprint density at radius 1 is 1.11 bits per heavy atom. The second-order valence-corrected chi connectivity index (χ2v) is 9.81. The van der Waals surface area contributed by atoms with Crippen molar-refractivity contribution in [3.63, 3.8) is 0 Å². The molecule has 0 radical (unpaired) electrons. The van der Waals surface area contributed by atoms with E-state index in [2.05, 4.69) is 10.6 Å². The van der Waals surface area contributed by atoms with E-state index in [-0.39, 0.29) is 18.2 Å². The van der Waals surface area contributed by atoms with Gasteiger partial charge < -0.3 is 20.4 Å². The van der Waals surface area contributed by atoms with Gasteiger partial charge in [-0.15, -0.1) is 0 Å². The van der Waals surface area contributed by atoms with Gasteiger partial charge in [-0.05, 0) is 50.2 Å². The van der Waals surface area contributed by atoms with E-state index >= 15 is 0 Å². The number of aliphatic imine (C=N–C) groups is 1. The van der Waals surface area contributed by atoms with Gasteiger partial charge in [0.15, 0.2) is 5.17 Å². The van der Waals surface area contributed by atoms with Gasteiger partial charge in [0.2, 0.25) is 5.91 Å². The Labute approximate surface area is 214 Å². The number of anilines is 1. The topological polar surface area (TPSA) is 77.0 Å². The number of carbonyl (C=O) groups is 2. The molecule has 0 saturated heterocycles. The van der Waals surface area contributed by atoms with Gasteiger partial charge in [0, 0.05) is 29.5 Å². The molecule has 2 aliphatic rings. The molecule has 2 aromatic carbocycles. The number of rotatable bonds is 8. The molecule has 0 saturated carbocycles. The number of para-hydroxylation sites is 1. The van der Waals surface area contributed by atoms with Crippen molar-refractivity contribution in [3.05, 3.63) is 87.6 Å². The normalized spacial score (nSPS) is 17.2. The maximum absolute atomic E-state index is 13.6. The summed E-state index contributed by atoms with van der Waals surface area (Å²) in [7, 11) is 3.92. The molecule has 0 aromatic heterocycles. The zero-order chi connectivity index (χ0) is 24.9. The van der Waals surface area contributed by atoms with Crippen LogP contribution in [-0.4, -0.2) is 54.0 Å². The fourth-order valence-electron chi connectivity index (χ4n) is 4.02. The lowest BCUT2D eigenvalue weighted by molar-refractivity contribution is -0.120. The highest BCUT2D eigenvalue weighted by Gasteiger charge is 2.41. The summed E-state index contributed by atoms with van der Waals surface area (Å²) in [4.78, 5) is 35.0. The minimum Gasteiger partial charge on any atom is -0.354 e. The van der Waals surface area contributed by atoms with Crippen LogP contribution in [0.2, 0.25) is 5.02 Å². The zero-order valence-electron chi connectivity index (χ0n) is 19.9. The van der Waals surface area contributed by atoms with E-state index in [1.165, 1.54) is 11.8 Å². The van der Waals surface area contributed by atoms with Crippen molar-refractivity contribution in [1.29, 1.82) is 0 Å². The maximum Gasteiger partial charge on any atom is 0.255 e. The first-order chi connectivity index (χ1) is 16.8. The van der Waals surface area contributed by atoms with Crippen molar-refractivity contribution < 1.29 is 9.59 Å². The van der Waals surface area contributed by atoms with Crippen molar-refractivity contribution in [2.75, 3.05) is 32.5 Å². The summed E-state index contributed by atoms with van der Waals surface area (Å²) in [6.45, 7) is 3.15. The number of nitrogens with zero attached hydrogens (tertiary/aromatic N) is 3. The summed E-state index contributed by atoms with van der Waals surface area (Å²) in [5.41, 5.74) is 3.36. The van der Waals surface area contributed by atoms with Crippen molar-refractivity contribution in [2.45, 2.75) is 19.4 Å². The quantitative estimate of drug-likeness (QED) is 0.543. The fraction of sp³-hybridized carbons (Fsp3) is 0.269. The first-order valence-corrected chi connectivity index (χ1v) is 12.6. The molecule has 1 atom stereocenters. The Morgan fingerprint density at radius 2 is 1.83 bits per heavy atom. The summed E-state index contributed by atoms with van der Waals surface area (Å²) < 4.78 is 0. The monoisotopic (exact) mass is 509 g/mol. The Hall–Kier alpha value is -3.07. The number of hydrogen-bond donors (Lipinski definition) is 2. The minimum atomic E-state index is -0.518. The average molecular weight is 510 g/mol. The van der Waals surface area contributed by atoms with Crippen LogP contribution in [0.3, 0.4) is 0 Å². The van der Waals surface area contributed by atoms with Crippen LogP contribution in [0.4, 0.5) is 5.69 Å². The molecule has 0 spiro atoms. The standard InChI is InChI=1S/C26H28ClN5O2S/c1-17-23(25(34)30-18-9-5-4-6-10-18)24(20-11-7-8-12-21(20)27)32-19(16-35-26(32)29-17)15-22(33)28-13-14-31(2)3/h4-12,16,24H,13-15H2,1-3H3,(H,28,33)(H,30,34). The highest BCUT2D eigenvalue weighted by molar-refractivity contribution is 8.16. The van der Waals surface area contributed by atoms with Gasteiger partial charge in [-0.1, -0.05) is 59.8 Å². The first kappa shape index (κ1) is 25.0. The van der Waals surface area contributed by atoms with Crippen LogP contribution in [0, 0.1) is 0 Å². The largest absolute Gasteiger partial charge is 0.354 e. The number of amidine groups is 1. The molecule has 1 unspecified atom stereocenters. The SMILES string of the molecule is CC1=C(C(=O)Nc2ccccc2)C(c2ccccc2Cl)N2C(CC(=O)NCCN(C)C)=CSC2=N1. The molecule has 2 heterocycles. The Bertz CT molecular complexity index is 1210. The van der Waals surface area contributed by atoms with Crippen molar-refractivity contribution in [2.24, 2.45) is 4.99 Å². The number of halogens is 1. The Balaban J connectivity index is 1.67. The summed E-state index contributed by atoms with van der Waals surface area (Å²) in [5, 5.41) is 9.15. The van der Waals surface area contributed by atoms with Gasteiger partial charge in [0.25, 0.3) is 5.91 Å². The predicted octanol–water partition coefficient (Wildman–Crippen LogP) is 4.62. The number of amides is 2. The minimum absolute atomic E-state index is 0.0839. The number of thioether (sulfide) groups is 1. The molecule has 2 amide bonds. The molecule has 2 aliphatic heterocycles. The van der Waals surface area contributed by atoms with E-state index in [1.54, 1.807) is 0 Å². The number of hydrogen-bond acceptors (Lipinski definition) is 6. The molecule has 35 heavy (non-hydrogen) atoms. The predicted molar refractivity (Wildman–Crippen MR) is 143 cm³/mol. The number of nitrogens with one attached hydrogen (secondary N) is 2. The lowest BCUT2D eigenvalue weighted by Crippen LogP contribution is -2.39. The molecule has 9 heteroatoms. The van der Waals surface area contributed by atoms with E-state index in [0.717, 1.165) is 23.0 Å². The third kappa shape index (κ3) is 5.78. The molecule has 2 aromatic rings. The van der Waals surface area contributed by atoms with Crippen molar-refractivity contribution in [1.82, 2.24) is 15.1 Å². The van der Waals surface area contributed by atoms with E-state index in [0.29, 0.717) is 28.5 Å². The van der Waals surface area contributed by atoms with Gasteiger partial charge in [-0.25, -0.2) is 4.99 Å². The second-order valence-electron chi connectivity index (χ2n) is 8.56. The smallest absolute Gasteiger partial charge is 0.255 e. The summed E-state index contributed by atoms with van der Waals surface area (Å²) in [6.07, 6.45) is 0.174. The third-order valence-corrected chi connectivity index (χ3v) is 6.93. The highest BCUT2D eigenvalue weighted by Crippen LogP contribution is 2.46. The van der Waals surface area contributed by atoms with E-state index in [9.17, 15) is 9.59 Å². The number of carbonyl (C=O) groups excluding carboxylic acids is 2. The summed E-state index contributed by atoms with van der Waals surface area (Å²) >= 11 is 8.09. The van der Waals surface area contributed by atoms with Crippen LogP contribution < -0.4 is 10.6 Å². The van der Waals surface area contributed by atoms with Gasteiger partial charge in [-0.2, -0.15) is 0 Å². The summed E-state index contributed by atoms with van der Waals surface area (Å²) in [5.74, 6) is -0.340. The van der Waals surface area contributed by atoms with Crippen molar-refractivity contribution in [3.8, 4) is 0 Å². The van der Waals surface area contributed by atoms with Crippen LogP contribution in [0.15, 0.2) is 82.0 Å². The van der Waals surface area contributed by atoms with Gasteiger partial charge in [-0.3, -0.25) is 9.59 Å². The highest BCUT2D eigenvalue weighted by atomic mass is 35.5. The van der Waals surface area contributed by atoms with Gasteiger partial charge in [0.05, 0.1) is 23.7 Å². The fourth-order valence-corrected chi connectivity index (χ4v) is 5.22. The molecular weight excluding hydrogens is 482 g/mol. The van der Waals surface area contributed by atoms with E-state index in [1.807, 2.05) is 90.8 Å². The number of benzene rings is 2. The summed E-state index contributed by atoms with van der Waals surface area (Å²) in [6, 6.07) is 16.3. The third-order valence-electron chi connectivity index (χ3n) is 5.70. The molecule has 182 valence electrons. The lowest BCUT2D eigenvalue weighted by atomic mass is 9.93. The molecule has 4 rings (SSSR count). The number of allylic oxidation sites excluding steroid dienone is 1. The van der Waals surface area contributed by atoms with E-state index < -0.39 is 6.04 Å². The Morgan fingerprint density at radius 3 is 2.54 bits per heavy atom. The molecular formula is C26H28ClN5O2S. The van der Waals surface area contributed by atoms with Crippen molar-refractivity contribution >= 4 is 46.0 Å². The van der Waals surface area contributed by atoms with Gasteiger partial charge >= 0.3 is 0 Å². The van der Waals surface area contributed by atoms with Crippen LogP contribution in [-0.2, 0) is 9.59 Å². The number of fused-ring (bicyclic) bond motifs is 1. The molecule has 7 nitrogen and oxygen atoms in total. The maximum atomic E-state index is 13.6. The van der Waals surface area contributed by atoms with Crippen LogP contribution in [0.1, 0.15) is 24.9 Å². The second kappa shape index (κ2) is 11.1. The molecule has 0 aliphatic carbocycles. The molecule has 2 N–H and O–H groups in total. The Kier molecular flexibility index (Phi) is 7.95. The lowest BCUT2D eigenvalue weighted by Gasteiger charge is -2.37. The zero-order valence-corrected chi connectivity index (χ0v) is 21.5. The van der Waals surface area contributed by atoms with E-state index in [4.69, 9.17) is 16.6 Å². The number of likely N-dealkylation sites (N-methyl/N-ethyl adjacent to an activating group) is 1. The first-order valence-electron chi connectivity index (χ1n) is 11.3. The van der Waals surface area contributed by atoms with Crippen LogP contribution in [0.25, 0.3) is 0 Å².